The highest BCUT2D eigenvalue weighted by Gasteiger charge is 2.10. The number of furan rings is 1. The molecule has 1 aromatic heterocycles. The fourth-order valence-corrected chi connectivity index (χ4v) is 2.49. The summed E-state index contributed by atoms with van der Waals surface area (Å²) < 4.78 is 20.9. The van der Waals surface area contributed by atoms with Crippen molar-refractivity contribution in [3.63, 3.8) is 0 Å². The van der Waals surface area contributed by atoms with Crippen LogP contribution in [-0.2, 0) is 4.79 Å². The largest absolute Gasteiger partial charge is 0.497 e. The summed E-state index contributed by atoms with van der Waals surface area (Å²) in [6, 6.07) is 14.9. The zero-order chi connectivity index (χ0) is 20.6. The Labute approximate surface area is 167 Å². The van der Waals surface area contributed by atoms with Crippen LogP contribution in [-0.4, -0.2) is 32.6 Å². The van der Waals surface area contributed by atoms with Gasteiger partial charge in [-0.1, -0.05) is 6.07 Å². The van der Waals surface area contributed by atoms with Crippen LogP contribution in [0, 0.1) is 0 Å². The van der Waals surface area contributed by atoms with Crippen LogP contribution in [0.1, 0.15) is 10.6 Å². The van der Waals surface area contributed by atoms with Crippen molar-refractivity contribution in [1.29, 1.82) is 0 Å². The van der Waals surface area contributed by atoms with Gasteiger partial charge in [-0.15, -0.1) is 0 Å². The molecule has 150 valence electrons. The number of carbonyl (C=O) groups excluding carboxylic acids is 2. The number of amides is 2. The minimum Gasteiger partial charge on any atom is -0.497 e. The van der Waals surface area contributed by atoms with Gasteiger partial charge in [-0.05, 0) is 24.3 Å². The molecule has 2 N–H and O–H groups in total. The van der Waals surface area contributed by atoms with Crippen LogP contribution in [0.25, 0.3) is 0 Å². The van der Waals surface area contributed by atoms with E-state index >= 15 is 0 Å². The van der Waals surface area contributed by atoms with Gasteiger partial charge in [0.25, 0.3) is 11.8 Å². The molecule has 0 aliphatic heterocycles. The Morgan fingerprint density at radius 2 is 1.59 bits per heavy atom. The summed E-state index contributed by atoms with van der Waals surface area (Å²) in [7, 11) is 3.06. The summed E-state index contributed by atoms with van der Waals surface area (Å²) in [6.07, 6.45) is 1.42. The van der Waals surface area contributed by atoms with Gasteiger partial charge in [-0.3, -0.25) is 9.59 Å². The highest BCUT2D eigenvalue weighted by Crippen LogP contribution is 2.25. The highest BCUT2D eigenvalue weighted by atomic mass is 16.5. The molecule has 3 rings (SSSR count). The van der Waals surface area contributed by atoms with Crippen molar-refractivity contribution in [2.24, 2.45) is 0 Å². The molecule has 0 aliphatic carbocycles. The van der Waals surface area contributed by atoms with E-state index in [9.17, 15) is 9.59 Å². The maximum Gasteiger partial charge on any atom is 0.291 e. The number of methoxy groups -OCH3 is 2. The molecule has 0 bridgehead atoms. The third kappa shape index (κ3) is 5.52. The van der Waals surface area contributed by atoms with Crippen LogP contribution >= 0.6 is 0 Å². The fraction of sp³-hybridized carbons (Fsp3) is 0.143. The number of benzene rings is 2. The standard InChI is InChI=1S/C21H20N2O6/c1-26-17-10-15(11-18(12-17)27-2)22-20(24)13-29-16-6-3-5-14(9-16)23-21(25)19-7-4-8-28-19/h3-12H,13H2,1-2H3,(H,22,24)(H,23,25). The van der Waals surface area contributed by atoms with E-state index < -0.39 is 0 Å². The van der Waals surface area contributed by atoms with Gasteiger partial charge in [0.15, 0.2) is 12.4 Å². The number of ether oxygens (including phenoxy) is 3. The lowest BCUT2D eigenvalue weighted by Crippen LogP contribution is -2.20. The molecule has 0 aliphatic rings. The molecule has 8 heteroatoms. The van der Waals surface area contributed by atoms with Crippen molar-refractivity contribution in [2.45, 2.75) is 0 Å². The molecule has 29 heavy (non-hydrogen) atoms. The smallest absolute Gasteiger partial charge is 0.291 e. The lowest BCUT2D eigenvalue weighted by atomic mass is 10.2. The Morgan fingerprint density at radius 3 is 2.24 bits per heavy atom. The second-order valence-corrected chi connectivity index (χ2v) is 5.90. The van der Waals surface area contributed by atoms with E-state index in [1.807, 2.05) is 0 Å². The van der Waals surface area contributed by atoms with Crippen LogP contribution < -0.4 is 24.8 Å². The van der Waals surface area contributed by atoms with E-state index in [0.717, 1.165) is 0 Å². The Balaban J connectivity index is 1.57. The Hall–Kier alpha value is -3.94. The third-order valence-corrected chi connectivity index (χ3v) is 3.84. The number of rotatable bonds is 8. The second-order valence-electron chi connectivity index (χ2n) is 5.90. The number of nitrogens with one attached hydrogen (secondary N) is 2. The van der Waals surface area contributed by atoms with Gasteiger partial charge in [0.2, 0.25) is 0 Å². The van der Waals surface area contributed by atoms with E-state index in [1.54, 1.807) is 54.6 Å². The summed E-state index contributed by atoms with van der Waals surface area (Å²) >= 11 is 0. The molecule has 0 atom stereocenters. The maximum atomic E-state index is 12.2. The molecule has 8 nitrogen and oxygen atoms in total. The van der Waals surface area contributed by atoms with Crippen molar-refractivity contribution >= 4 is 23.2 Å². The number of hydrogen-bond donors (Lipinski definition) is 2. The van der Waals surface area contributed by atoms with Crippen LogP contribution in [0.4, 0.5) is 11.4 Å². The number of carbonyl (C=O) groups is 2. The Kier molecular flexibility index (Phi) is 6.36. The minimum atomic E-state index is -0.378. The van der Waals surface area contributed by atoms with Crippen LogP contribution in [0.3, 0.4) is 0 Å². The molecule has 0 fully saturated rings. The zero-order valence-electron chi connectivity index (χ0n) is 15.9. The predicted octanol–water partition coefficient (Wildman–Crippen LogP) is 3.57. The fourth-order valence-electron chi connectivity index (χ4n) is 2.49. The van der Waals surface area contributed by atoms with Gasteiger partial charge in [0.1, 0.15) is 17.2 Å². The van der Waals surface area contributed by atoms with Crippen LogP contribution in [0.15, 0.2) is 65.3 Å². The third-order valence-electron chi connectivity index (χ3n) is 3.84. The van der Waals surface area contributed by atoms with Crippen LogP contribution in [0.5, 0.6) is 17.2 Å². The molecule has 2 amide bonds. The maximum absolute atomic E-state index is 12.2. The Morgan fingerprint density at radius 1 is 0.862 bits per heavy atom. The molecule has 2 aromatic carbocycles. The van der Waals surface area contributed by atoms with Gasteiger partial charge in [0.05, 0.1) is 20.5 Å². The SMILES string of the molecule is COc1cc(NC(=O)COc2cccc(NC(=O)c3ccco3)c2)cc(OC)c1. The van der Waals surface area contributed by atoms with Gasteiger partial charge < -0.3 is 29.3 Å². The molecule has 3 aromatic rings. The minimum absolute atomic E-state index is 0.199. The van der Waals surface area contributed by atoms with E-state index in [-0.39, 0.29) is 24.2 Å². The van der Waals surface area contributed by atoms with Gasteiger partial charge >= 0.3 is 0 Å². The zero-order valence-corrected chi connectivity index (χ0v) is 15.9. The van der Waals surface area contributed by atoms with E-state index in [1.165, 1.54) is 20.5 Å². The van der Waals surface area contributed by atoms with Gasteiger partial charge in [-0.25, -0.2) is 0 Å². The lowest BCUT2D eigenvalue weighted by molar-refractivity contribution is -0.118. The van der Waals surface area contributed by atoms with Crippen molar-refractivity contribution in [2.75, 3.05) is 31.5 Å². The lowest BCUT2D eigenvalue weighted by Gasteiger charge is -2.11. The predicted molar refractivity (Wildman–Crippen MR) is 107 cm³/mol. The quantitative estimate of drug-likeness (QED) is 0.604. The second kappa shape index (κ2) is 9.32. The monoisotopic (exact) mass is 396 g/mol. The number of anilines is 2. The first-order valence-corrected chi connectivity index (χ1v) is 8.68. The average molecular weight is 396 g/mol. The Bertz CT molecular complexity index is 962. The van der Waals surface area contributed by atoms with Crippen molar-refractivity contribution < 1.29 is 28.2 Å². The average Bonchev–Trinajstić information content (AvgIpc) is 3.27. The van der Waals surface area contributed by atoms with Crippen molar-refractivity contribution in [3.05, 3.63) is 66.6 Å². The molecule has 1 heterocycles. The van der Waals surface area contributed by atoms with Gasteiger partial charge in [0, 0.05) is 35.6 Å². The molecule has 0 saturated heterocycles. The summed E-state index contributed by atoms with van der Waals surface area (Å²) in [5.41, 5.74) is 1.04. The summed E-state index contributed by atoms with van der Waals surface area (Å²) in [5.74, 6) is 1.01. The highest BCUT2D eigenvalue weighted by molar-refractivity contribution is 6.02. The van der Waals surface area contributed by atoms with Gasteiger partial charge in [-0.2, -0.15) is 0 Å². The molecule has 0 unspecified atom stereocenters. The molecule has 0 saturated carbocycles. The number of hydrogen-bond acceptors (Lipinski definition) is 6. The normalized spacial score (nSPS) is 10.1. The summed E-state index contributed by atoms with van der Waals surface area (Å²) in [6.45, 7) is -0.213. The molecule has 0 radical (unpaired) electrons. The van der Waals surface area contributed by atoms with Crippen molar-refractivity contribution in [1.82, 2.24) is 0 Å². The molecular weight excluding hydrogens is 376 g/mol. The first-order chi connectivity index (χ1) is 14.1. The molecule has 0 spiro atoms. The van der Waals surface area contributed by atoms with E-state index in [4.69, 9.17) is 18.6 Å². The van der Waals surface area contributed by atoms with Crippen molar-refractivity contribution in [3.8, 4) is 17.2 Å². The van der Waals surface area contributed by atoms with E-state index in [0.29, 0.717) is 28.6 Å². The summed E-state index contributed by atoms with van der Waals surface area (Å²) in [4.78, 5) is 24.2. The van der Waals surface area contributed by atoms with E-state index in [2.05, 4.69) is 10.6 Å². The topological polar surface area (TPSA) is 99.0 Å². The summed E-state index contributed by atoms with van der Waals surface area (Å²) in [5, 5.41) is 5.42. The molecular formula is C21H20N2O6. The van der Waals surface area contributed by atoms with Crippen LogP contribution in [0.2, 0.25) is 0 Å². The first-order valence-electron chi connectivity index (χ1n) is 8.68. The first kappa shape index (κ1) is 19.8.